The van der Waals surface area contributed by atoms with Gasteiger partial charge in [0.2, 0.25) is 0 Å². The predicted octanol–water partition coefficient (Wildman–Crippen LogP) is 3.34. The van der Waals surface area contributed by atoms with Crippen LogP contribution in [0.15, 0.2) is 60.7 Å². The van der Waals surface area contributed by atoms with Crippen LogP contribution in [-0.4, -0.2) is 18.6 Å². The van der Waals surface area contributed by atoms with Crippen LogP contribution in [0.1, 0.15) is 29.3 Å². The van der Waals surface area contributed by atoms with E-state index in [1.807, 2.05) is 55.5 Å². The first-order valence-corrected chi connectivity index (χ1v) is 7.39. The zero-order valence-electron chi connectivity index (χ0n) is 12.7. The number of benzene rings is 2. The summed E-state index contributed by atoms with van der Waals surface area (Å²) in [6.45, 7) is 2.85. The van der Waals surface area contributed by atoms with E-state index in [0.717, 1.165) is 5.56 Å². The van der Waals surface area contributed by atoms with Gasteiger partial charge < -0.3 is 4.74 Å². The van der Waals surface area contributed by atoms with Crippen LogP contribution in [0.25, 0.3) is 0 Å². The van der Waals surface area contributed by atoms with Crippen molar-refractivity contribution in [3.8, 4) is 0 Å². The number of hydrogen-bond acceptors (Lipinski definition) is 4. The van der Waals surface area contributed by atoms with Gasteiger partial charge in [0.15, 0.2) is 0 Å². The van der Waals surface area contributed by atoms with Crippen LogP contribution in [-0.2, 0) is 16.2 Å². The van der Waals surface area contributed by atoms with Gasteiger partial charge in [0, 0.05) is 6.04 Å². The number of esters is 1. The highest BCUT2D eigenvalue weighted by Gasteiger charge is 2.07. The molecule has 0 aliphatic heterocycles. The van der Waals surface area contributed by atoms with E-state index < -0.39 is 0 Å². The van der Waals surface area contributed by atoms with Gasteiger partial charge in [0.1, 0.15) is 0 Å². The molecule has 2 aromatic carbocycles. The normalized spacial score (nSPS) is 11.9. The third-order valence-electron chi connectivity index (χ3n) is 3.16. The second-order valence-electron chi connectivity index (χ2n) is 5.08. The second kappa shape index (κ2) is 8.97. The molecule has 2 aromatic rings. The lowest BCUT2D eigenvalue weighted by atomic mass is 10.2. The van der Waals surface area contributed by atoms with E-state index in [-0.39, 0.29) is 12.0 Å². The molecule has 0 saturated heterocycles. The molecule has 0 radical (unpaired) electrons. The van der Waals surface area contributed by atoms with Crippen molar-refractivity contribution in [2.45, 2.75) is 26.0 Å². The van der Waals surface area contributed by atoms with Gasteiger partial charge in [-0.15, -0.1) is 0 Å². The van der Waals surface area contributed by atoms with Crippen molar-refractivity contribution >= 4 is 5.97 Å². The van der Waals surface area contributed by atoms with E-state index in [9.17, 15) is 4.79 Å². The van der Waals surface area contributed by atoms with Gasteiger partial charge in [-0.05, 0) is 31.0 Å². The molecule has 0 fully saturated rings. The molecule has 4 nitrogen and oxygen atoms in total. The Morgan fingerprint density at radius 2 is 1.68 bits per heavy atom. The Labute approximate surface area is 131 Å². The second-order valence-corrected chi connectivity index (χ2v) is 5.08. The SMILES string of the molecule is CC(CCOC(=O)c1ccccc1)NOCc1ccccc1. The third kappa shape index (κ3) is 5.68. The predicted molar refractivity (Wildman–Crippen MR) is 85.2 cm³/mol. The van der Waals surface area contributed by atoms with Crippen molar-refractivity contribution in [3.05, 3.63) is 71.8 Å². The van der Waals surface area contributed by atoms with Crippen LogP contribution in [0.4, 0.5) is 0 Å². The van der Waals surface area contributed by atoms with Gasteiger partial charge in [0.25, 0.3) is 0 Å². The maximum atomic E-state index is 11.8. The maximum absolute atomic E-state index is 11.8. The van der Waals surface area contributed by atoms with Crippen molar-refractivity contribution in [1.29, 1.82) is 0 Å². The van der Waals surface area contributed by atoms with Crippen molar-refractivity contribution in [3.63, 3.8) is 0 Å². The number of carbonyl (C=O) groups is 1. The fraction of sp³-hybridized carbons (Fsp3) is 0.278. The van der Waals surface area contributed by atoms with E-state index in [1.54, 1.807) is 12.1 Å². The zero-order valence-corrected chi connectivity index (χ0v) is 12.7. The van der Waals surface area contributed by atoms with Gasteiger partial charge in [-0.3, -0.25) is 4.84 Å². The van der Waals surface area contributed by atoms with E-state index in [2.05, 4.69) is 5.48 Å². The lowest BCUT2D eigenvalue weighted by Crippen LogP contribution is -2.27. The molecule has 0 bridgehead atoms. The summed E-state index contributed by atoms with van der Waals surface area (Å²) < 4.78 is 5.23. The molecule has 1 N–H and O–H groups in total. The molecule has 4 heteroatoms. The summed E-state index contributed by atoms with van der Waals surface area (Å²) in [6, 6.07) is 19.0. The molecule has 0 aromatic heterocycles. The van der Waals surface area contributed by atoms with Crippen LogP contribution in [0, 0.1) is 0 Å². The van der Waals surface area contributed by atoms with E-state index in [0.29, 0.717) is 25.2 Å². The third-order valence-corrected chi connectivity index (χ3v) is 3.16. The zero-order chi connectivity index (χ0) is 15.6. The quantitative estimate of drug-likeness (QED) is 0.600. The van der Waals surface area contributed by atoms with Gasteiger partial charge in [-0.25, -0.2) is 4.79 Å². The first-order chi connectivity index (χ1) is 10.8. The molecule has 0 amide bonds. The van der Waals surface area contributed by atoms with Gasteiger partial charge in [0.05, 0.1) is 18.8 Å². The van der Waals surface area contributed by atoms with Gasteiger partial charge >= 0.3 is 5.97 Å². The Balaban J connectivity index is 1.60. The molecule has 22 heavy (non-hydrogen) atoms. The summed E-state index contributed by atoms with van der Waals surface area (Å²) in [7, 11) is 0. The molecular formula is C18H21NO3. The molecule has 0 aliphatic rings. The van der Waals surface area contributed by atoms with Gasteiger partial charge in [-0.2, -0.15) is 5.48 Å². The molecule has 0 heterocycles. The first-order valence-electron chi connectivity index (χ1n) is 7.39. The van der Waals surface area contributed by atoms with Crippen LogP contribution in [0.5, 0.6) is 0 Å². The molecule has 0 saturated carbocycles. The molecule has 1 unspecified atom stereocenters. The number of nitrogens with one attached hydrogen (secondary N) is 1. The maximum Gasteiger partial charge on any atom is 0.338 e. The molecule has 0 aliphatic carbocycles. The molecular weight excluding hydrogens is 278 g/mol. The van der Waals surface area contributed by atoms with Crippen molar-refractivity contribution in [1.82, 2.24) is 5.48 Å². The fourth-order valence-electron chi connectivity index (χ4n) is 1.89. The minimum Gasteiger partial charge on any atom is -0.462 e. The number of hydroxylamine groups is 1. The molecule has 116 valence electrons. The minimum absolute atomic E-state index is 0.104. The number of ether oxygens (including phenoxy) is 1. The summed E-state index contributed by atoms with van der Waals surface area (Å²) in [5.74, 6) is -0.294. The molecule has 2 rings (SSSR count). The van der Waals surface area contributed by atoms with Crippen molar-refractivity contribution < 1.29 is 14.4 Å². The number of rotatable bonds is 8. The lowest BCUT2D eigenvalue weighted by Gasteiger charge is -2.14. The minimum atomic E-state index is -0.294. The van der Waals surface area contributed by atoms with E-state index >= 15 is 0 Å². The van der Waals surface area contributed by atoms with Crippen molar-refractivity contribution in [2.75, 3.05) is 6.61 Å². The van der Waals surface area contributed by atoms with Crippen LogP contribution >= 0.6 is 0 Å². The highest BCUT2D eigenvalue weighted by Crippen LogP contribution is 2.03. The average Bonchev–Trinajstić information content (AvgIpc) is 2.56. The Morgan fingerprint density at radius 1 is 1.05 bits per heavy atom. The monoisotopic (exact) mass is 299 g/mol. The molecule has 0 spiro atoms. The Bertz CT molecular complexity index is 557. The van der Waals surface area contributed by atoms with Crippen LogP contribution < -0.4 is 5.48 Å². The number of carbonyl (C=O) groups excluding carboxylic acids is 1. The Kier molecular flexibility index (Phi) is 6.61. The highest BCUT2D eigenvalue weighted by atomic mass is 16.6. The Morgan fingerprint density at radius 3 is 2.36 bits per heavy atom. The van der Waals surface area contributed by atoms with E-state index in [1.165, 1.54) is 0 Å². The summed E-state index contributed by atoms with van der Waals surface area (Å²) >= 11 is 0. The number of hydrogen-bond donors (Lipinski definition) is 1. The summed E-state index contributed by atoms with van der Waals surface area (Å²) in [5, 5.41) is 0. The largest absolute Gasteiger partial charge is 0.462 e. The first kappa shape index (κ1) is 16.2. The topological polar surface area (TPSA) is 47.6 Å². The summed E-state index contributed by atoms with van der Waals surface area (Å²) in [4.78, 5) is 17.2. The average molecular weight is 299 g/mol. The highest BCUT2D eigenvalue weighted by molar-refractivity contribution is 5.89. The lowest BCUT2D eigenvalue weighted by molar-refractivity contribution is -0.000243. The fourth-order valence-corrected chi connectivity index (χ4v) is 1.89. The Hall–Kier alpha value is -2.17. The van der Waals surface area contributed by atoms with Crippen LogP contribution in [0.3, 0.4) is 0 Å². The smallest absolute Gasteiger partial charge is 0.338 e. The standard InChI is InChI=1S/C18H21NO3/c1-15(19-22-14-16-8-4-2-5-9-16)12-13-21-18(20)17-10-6-3-7-11-17/h2-11,15,19H,12-14H2,1H3. The summed E-state index contributed by atoms with van der Waals surface area (Å²) in [6.07, 6.45) is 0.688. The van der Waals surface area contributed by atoms with Gasteiger partial charge in [-0.1, -0.05) is 48.5 Å². The van der Waals surface area contributed by atoms with Crippen LogP contribution in [0.2, 0.25) is 0 Å². The molecule has 1 atom stereocenters. The summed E-state index contributed by atoms with van der Waals surface area (Å²) in [5.41, 5.74) is 4.63. The van der Waals surface area contributed by atoms with E-state index in [4.69, 9.17) is 9.57 Å². The van der Waals surface area contributed by atoms with Crippen molar-refractivity contribution in [2.24, 2.45) is 0 Å².